The van der Waals surface area contributed by atoms with Gasteiger partial charge >= 0.3 is 0 Å². The molecule has 0 aromatic heterocycles. The van der Waals surface area contributed by atoms with E-state index >= 15 is 0 Å². The first-order valence-electron chi connectivity index (χ1n) is 7.40. The second-order valence-corrected chi connectivity index (χ2v) is 5.60. The van der Waals surface area contributed by atoms with Gasteiger partial charge in [0.05, 0.1) is 0 Å². The van der Waals surface area contributed by atoms with E-state index in [9.17, 15) is 4.39 Å². The van der Waals surface area contributed by atoms with E-state index in [1.54, 1.807) is 12.1 Å². The first-order chi connectivity index (χ1) is 9.19. The number of halogens is 1. The Labute approximate surface area is 116 Å². The summed E-state index contributed by atoms with van der Waals surface area (Å²) < 4.78 is 13.4. The van der Waals surface area contributed by atoms with Crippen molar-refractivity contribution in [2.75, 3.05) is 19.6 Å². The van der Waals surface area contributed by atoms with E-state index < -0.39 is 0 Å². The van der Waals surface area contributed by atoms with E-state index in [-0.39, 0.29) is 5.82 Å². The van der Waals surface area contributed by atoms with Crippen LogP contribution < -0.4 is 5.32 Å². The van der Waals surface area contributed by atoms with Gasteiger partial charge in [-0.2, -0.15) is 0 Å². The first kappa shape index (κ1) is 14.5. The van der Waals surface area contributed by atoms with Crippen LogP contribution in [0.3, 0.4) is 0 Å². The lowest BCUT2D eigenvalue weighted by atomic mass is 10.1. The SMILES string of the molecule is CCCN(Cc1cc(F)ccc1C)CC1CCCN1. The van der Waals surface area contributed by atoms with Crippen LogP contribution in [-0.4, -0.2) is 30.6 Å². The molecule has 19 heavy (non-hydrogen) atoms. The Kier molecular flexibility index (Phi) is 5.34. The zero-order valence-electron chi connectivity index (χ0n) is 12.1. The molecule has 1 aliphatic rings. The van der Waals surface area contributed by atoms with Gasteiger partial charge in [0.15, 0.2) is 0 Å². The first-order valence-corrected chi connectivity index (χ1v) is 7.40. The van der Waals surface area contributed by atoms with E-state index in [2.05, 4.69) is 24.1 Å². The lowest BCUT2D eigenvalue weighted by Crippen LogP contribution is -2.37. The van der Waals surface area contributed by atoms with Gasteiger partial charge in [-0.25, -0.2) is 4.39 Å². The minimum Gasteiger partial charge on any atom is -0.313 e. The summed E-state index contributed by atoms with van der Waals surface area (Å²) in [7, 11) is 0. The Bertz CT molecular complexity index is 400. The van der Waals surface area contributed by atoms with Gasteiger partial charge < -0.3 is 5.32 Å². The summed E-state index contributed by atoms with van der Waals surface area (Å²) in [6.45, 7) is 8.41. The molecule has 1 saturated heterocycles. The monoisotopic (exact) mass is 264 g/mol. The van der Waals surface area contributed by atoms with E-state index in [4.69, 9.17) is 0 Å². The fourth-order valence-corrected chi connectivity index (χ4v) is 2.83. The van der Waals surface area contributed by atoms with E-state index in [1.165, 1.54) is 18.4 Å². The minimum absolute atomic E-state index is 0.129. The van der Waals surface area contributed by atoms with Crippen LogP contribution in [0.4, 0.5) is 4.39 Å². The highest BCUT2D eigenvalue weighted by Crippen LogP contribution is 2.15. The van der Waals surface area contributed by atoms with Crippen molar-refractivity contribution < 1.29 is 4.39 Å². The molecule has 0 amide bonds. The van der Waals surface area contributed by atoms with Crippen molar-refractivity contribution in [1.29, 1.82) is 0 Å². The standard InChI is InChI=1S/C16H25FN2/c1-3-9-19(12-16-5-4-8-18-16)11-14-10-15(17)7-6-13(14)2/h6-7,10,16,18H,3-5,8-9,11-12H2,1-2H3. The number of nitrogens with zero attached hydrogens (tertiary/aromatic N) is 1. The molecule has 1 aliphatic heterocycles. The van der Waals surface area contributed by atoms with Crippen molar-refractivity contribution in [3.05, 3.63) is 35.1 Å². The van der Waals surface area contributed by atoms with Gasteiger partial charge in [0.1, 0.15) is 5.82 Å². The maximum absolute atomic E-state index is 13.4. The Morgan fingerprint density at radius 2 is 2.26 bits per heavy atom. The fraction of sp³-hybridized carbons (Fsp3) is 0.625. The molecule has 0 spiro atoms. The van der Waals surface area contributed by atoms with Crippen LogP contribution in [0.2, 0.25) is 0 Å². The molecule has 0 bridgehead atoms. The van der Waals surface area contributed by atoms with Gasteiger partial charge in [0.2, 0.25) is 0 Å². The molecule has 106 valence electrons. The van der Waals surface area contributed by atoms with Gasteiger partial charge in [-0.3, -0.25) is 4.90 Å². The number of rotatable bonds is 6. The fourth-order valence-electron chi connectivity index (χ4n) is 2.83. The van der Waals surface area contributed by atoms with Crippen LogP contribution in [0.15, 0.2) is 18.2 Å². The minimum atomic E-state index is -0.129. The Morgan fingerprint density at radius 1 is 1.42 bits per heavy atom. The summed E-state index contributed by atoms with van der Waals surface area (Å²) in [6, 6.07) is 5.71. The van der Waals surface area contributed by atoms with Crippen LogP contribution in [0.1, 0.15) is 37.3 Å². The second kappa shape index (κ2) is 7.01. The van der Waals surface area contributed by atoms with Crippen molar-refractivity contribution >= 4 is 0 Å². The largest absolute Gasteiger partial charge is 0.313 e. The molecule has 3 heteroatoms. The molecule has 2 rings (SSSR count). The molecular weight excluding hydrogens is 239 g/mol. The van der Waals surface area contributed by atoms with E-state index in [0.29, 0.717) is 6.04 Å². The Hall–Kier alpha value is -0.930. The zero-order valence-corrected chi connectivity index (χ0v) is 12.1. The molecule has 1 aromatic rings. The Morgan fingerprint density at radius 3 is 2.95 bits per heavy atom. The molecular formula is C16H25FN2. The van der Waals surface area contributed by atoms with Crippen LogP contribution in [0, 0.1) is 12.7 Å². The topological polar surface area (TPSA) is 15.3 Å². The van der Waals surface area contributed by atoms with Crippen molar-refractivity contribution in [3.8, 4) is 0 Å². The highest BCUT2D eigenvalue weighted by molar-refractivity contribution is 5.26. The van der Waals surface area contributed by atoms with Gasteiger partial charge in [-0.15, -0.1) is 0 Å². The number of hydrogen-bond donors (Lipinski definition) is 1. The Balaban J connectivity index is 2.00. The summed E-state index contributed by atoms with van der Waals surface area (Å²) >= 11 is 0. The molecule has 1 atom stereocenters. The number of hydrogen-bond acceptors (Lipinski definition) is 2. The van der Waals surface area contributed by atoms with Crippen molar-refractivity contribution in [2.45, 2.75) is 45.7 Å². The third kappa shape index (κ3) is 4.29. The van der Waals surface area contributed by atoms with Crippen LogP contribution >= 0.6 is 0 Å². The summed E-state index contributed by atoms with van der Waals surface area (Å²) in [6.07, 6.45) is 3.69. The summed E-state index contributed by atoms with van der Waals surface area (Å²) in [5.41, 5.74) is 2.30. The van der Waals surface area contributed by atoms with Crippen molar-refractivity contribution in [2.24, 2.45) is 0 Å². The third-order valence-corrected chi connectivity index (χ3v) is 3.89. The number of aryl methyl sites for hydroxylation is 1. The quantitative estimate of drug-likeness (QED) is 0.849. The molecule has 1 aromatic carbocycles. The average molecular weight is 264 g/mol. The molecule has 1 unspecified atom stereocenters. The number of nitrogens with one attached hydrogen (secondary N) is 1. The molecule has 1 fully saturated rings. The predicted octanol–water partition coefficient (Wildman–Crippen LogP) is 3.10. The number of benzene rings is 1. The summed E-state index contributed by atoms with van der Waals surface area (Å²) in [5, 5.41) is 3.54. The normalized spacial score (nSPS) is 19.3. The molecule has 1 heterocycles. The van der Waals surface area contributed by atoms with Crippen molar-refractivity contribution in [1.82, 2.24) is 10.2 Å². The summed E-state index contributed by atoms with van der Waals surface area (Å²) in [4.78, 5) is 2.45. The molecule has 0 radical (unpaired) electrons. The van der Waals surface area contributed by atoms with E-state index in [1.807, 2.05) is 6.07 Å². The lowest BCUT2D eigenvalue weighted by Gasteiger charge is -2.26. The highest BCUT2D eigenvalue weighted by Gasteiger charge is 2.18. The predicted molar refractivity (Wildman–Crippen MR) is 77.7 cm³/mol. The van der Waals surface area contributed by atoms with Crippen molar-refractivity contribution in [3.63, 3.8) is 0 Å². The third-order valence-electron chi connectivity index (χ3n) is 3.89. The molecule has 2 nitrogen and oxygen atoms in total. The van der Waals surface area contributed by atoms with Gasteiger partial charge in [-0.1, -0.05) is 13.0 Å². The van der Waals surface area contributed by atoms with Gasteiger partial charge in [-0.05, 0) is 62.5 Å². The van der Waals surface area contributed by atoms with Crippen LogP contribution in [-0.2, 0) is 6.54 Å². The average Bonchev–Trinajstić information content (AvgIpc) is 2.87. The molecule has 1 N–H and O–H groups in total. The lowest BCUT2D eigenvalue weighted by molar-refractivity contribution is 0.241. The molecule has 0 aliphatic carbocycles. The summed E-state index contributed by atoms with van der Waals surface area (Å²) in [5.74, 6) is -0.129. The maximum atomic E-state index is 13.4. The maximum Gasteiger partial charge on any atom is 0.123 e. The zero-order chi connectivity index (χ0) is 13.7. The van der Waals surface area contributed by atoms with Crippen LogP contribution in [0.5, 0.6) is 0 Å². The highest BCUT2D eigenvalue weighted by atomic mass is 19.1. The van der Waals surface area contributed by atoms with Crippen LogP contribution in [0.25, 0.3) is 0 Å². The van der Waals surface area contributed by atoms with E-state index in [0.717, 1.165) is 38.2 Å². The smallest absolute Gasteiger partial charge is 0.123 e. The van der Waals surface area contributed by atoms with Gasteiger partial charge in [0.25, 0.3) is 0 Å². The van der Waals surface area contributed by atoms with Gasteiger partial charge in [0, 0.05) is 19.1 Å². The molecule has 0 saturated carbocycles. The second-order valence-electron chi connectivity index (χ2n) is 5.60.